The molecule has 0 aromatic heterocycles. The number of carboxylic acid groups (broad SMARTS) is 1. The molecule has 7 nitrogen and oxygen atoms in total. The summed E-state index contributed by atoms with van der Waals surface area (Å²) in [6, 6.07) is 0. The highest BCUT2D eigenvalue weighted by molar-refractivity contribution is 7.93. The fraction of sp³-hybridized carbons (Fsp3) is 0.900. The summed E-state index contributed by atoms with van der Waals surface area (Å²) in [7, 11) is -7.21. The predicted octanol–water partition coefficient (Wildman–Crippen LogP) is -0.0640. The van der Waals surface area contributed by atoms with E-state index in [-0.39, 0.29) is 13.0 Å². The Labute approximate surface area is 114 Å². The molecular weight excluding hydrogens is 294 g/mol. The van der Waals surface area contributed by atoms with Gasteiger partial charge in [0, 0.05) is 18.3 Å². The number of aliphatic carboxylic acids is 1. The van der Waals surface area contributed by atoms with Crippen molar-refractivity contribution < 1.29 is 26.7 Å². The minimum atomic E-state index is -3.82. The summed E-state index contributed by atoms with van der Waals surface area (Å²) in [6.45, 7) is 4.72. The van der Waals surface area contributed by atoms with Gasteiger partial charge in [0.25, 0.3) is 0 Å². The van der Waals surface area contributed by atoms with Crippen molar-refractivity contribution in [3.63, 3.8) is 0 Å². The van der Waals surface area contributed by atoms with E-state index in [1.165, 1.54) is 0 Å². The Balaban J connectivity index is 5.09. The molecule has 0 aromatic carbocycles. The Bertz CT molecular complexity index is 515. The average molecular weight is 315 g/mol. The third kappa shape index (κ3) is 7.48. The molecule has 0 aliphatic heterocycles. The van der Waals surface area contributed by atoms with E-state index in [9.17, 15) is 21.6 Å². The van der Waals surface area contributed by atoms with Crippen molar-refractivity contribution in [1.29, 1.82) is 0 Å². The van der Waals surface area contributed by atoms with Crippen molar-refractivity contribution in [2.24, 2.45) is 0 Å². The number of nitrogens with zero attached hydrogens (tertiary/aromatic N) is 1. The zero-order chi connectivity index (χ0) is 15.5. The molecule has 0 bridgehead atoms. The minimum absolute atomic E-state index is 0.176. The second kappa shape index (κ2) is 6.19. The monoisotopic (exact) mass is 315 g/mol. The van der Waals surface area contributed by atoms with E-state index in [0.717, 1.165) is 10.6 Å². The molecule has 9 heteroatoms. The van der Waals surface area contributed by atoms with Crippen LogP contribution in [0.25, 0.3) is 0 Å². The van der Waals surface area contributed by atoms with Crippen LogP contribution in [0.2, 0.25) is 0 Å². The Hall–Kier alpha value is -0.670. The lowest BCUT2D eigenvalue weighted by Crippen LogP contribution is -2.48. The number of sulfone groups is 1. The molecule has 0 aliphatic rings. The highest BCUT2D eigenvalue weighted by Gasteiger charge is 2.33. The summed E-state index contributed by atoms with van der Waals surface area (Å²) in [5.41, 5.74) is -0.800. The zero-order valence-electron chi connectivity index (χ0n) is 11.6. The zero-order valence-corrected chi connectivity index (χ0v) is 13.2. The first kappa shape index (κ1) is 18.3. The molecule has 0 aliphatic carbocycles. The number of rotatable bonds is 7. The summed E-state index contributed by atoms with van der Waals surface area (Å²) in [5.74, 6) is -2.12. The molecule has 0 unspecified atom stereocenters. The van der Waals surface area contributed by atoms with Crippen LogP contribution in [0, 0.1) is 0 Å². The van der Waals surface area contributed by atoms with Gasteiger partial charge in [-0.3, -0.25) is 4.79 Å². The fourth-order valence-electron chi connectivity index (χ4n) is 1.46. The Morgan fingerprint density at radius 3 is 1.89 bits per heavy atom. The molecular formula is C10H21NO6S2. The second-order valence-electron chi connectivity index (χ2n) is 5.33. The Kier molecular flexibility index (Phi) is 5.97. The smallest absolute Gasteiger partial charge is 0.304 e. The number of sulfonamides is 1. The van der Waals surface area contributed by atoms with Crippen LogP contribution in [0.4, 0.5) is 0 Å². The first-order chi connectivity index (χ1) is 8.26. The summed E-state index contributed by atoms with van der Waals surface area (Å²) in [4.78, 5) is 10.6. The van der Waals surface area contributed by atoms with E-state index in [0.29, 0.717) is 0 Å². The van der Waals surface area contributed by atoms with Gasteiger partial charge < -0.3 is 5.11 Å². The van der Waals surface area contributed by atoms with Gasteiger partial charge in [-0.25, -0.2) is 16.8 Å². The Morgan fingerprint density at radius 2 is 1.58 bits per heavy atom. The number of carbonyl (C=O) groups is 1. The molecule has 0 atom stereocenters. The molecule has 0 aromatic rings. The first-order valence-corrected chi connectivity index (χ1v) is 9.33. The second-order valence-corrected chi connectivity index (χ2v) is 9.61. The summed E-state index contributed by atoms with van der Waals surface area (Å²) >= 11 is 0. The van der Waals surface area contributed by atoms with Gasteiger partial charge in [0.15, 0.2) is 0 Å². The van der Waals surface area contributed by atoms with Crippen LogP contribution in [0.15, 0.2) is 0 Å². The molecule has 0 rings (SSSR count). The van der Waals surface area contributed by atoms with E-state index >= 15 is 0 Å². The summed E-state index contributed by atoms with van der Waals surface area (Å²) in [6.07, 6.45) is 0.635. The fourth-order valence-corrected chi connectivity index (χ4v) is 4.93. The van der Waals surface area contributed by atoms with Crippen molar-refractivity contribution in [2.45, 2.75) is 32.7 Å². The van der Waals surface area contributed by atoms with Crippen LogP contribution in [0.3, 0.4) is 0 Å². The van der Waals surface area contributed by atoms with Crippen molar-refractivity contribution in [3.8, 4) is 0 Å². The van der Waals surface area contributed by atoms with Crippen molar-refractivity contribution in [2.75, 3.05) is 24.3 Å². The molecule has 1 N–H and O–H groups in total. The Morgan fingerprint density at radius 1 is 1.11 bits per heavy atom. The van der Waals surface area contributed by atoms with Gasteiger partial charge >= 0.3 is 5.97 Å². The molecule has 0 fully saturated rings. The quantitative estimate of drug-likeness (QED) is 0.705. The molecule has 0 saturated heterocycles. The van der Waals surface area contributed by atoms with E-state index in [1.807, 2.05) is 0 Å². The highest BCUT2D eigenvalue weighted by Crippen LogP contribution is 2.19. The first-order valence-electron chi connectivity index (χ1n) is 5.66. The molecule has 0 saturated carbocycles. The lowest BCUT2D eigenvalue weighted by Gasteiger charge is -2.34. The maximum atomic E-state index is 12.1. The molecule has 0 heterocycles. The summed E-state index contributed by atoms with van der Waals surface area (Å²) in [5, 5.41) is 8.64. The SMILES string of the molecule is CC(C)(C)N(CCC(=O)O)S(=O)(=O)CCS(C)(=O)=O. The maximum absolute atomic E-state index is 12.1. The van der Waals surface area contributed by atoms with Crippen molar-refractivity contribution >= 4 is 25.8 Å². The topological polar surface area (TPSA) is 109 Å². The summed E-state index contributed by atoms with van der Waals surface area (Å²) < 4.78 is 47.3. The molecule has 0 radical (unpaired) electrons. The number of hydrogen-bond acceptors (Lipinski definition) is 5. The largest absolute Gasteiger partial charge is 0.481 e. The third-order valence-corrected chi connectivity index (χ3v) is 5.65. The van der Waals surface area contributed by atoms with Crippen LogP contribution in [-0.4, -0.2) is 62.1 Å². The van der Waals surface area contributed by atoms with Crippen molar-refractivity contribution in [1.82, 2.24) is 4.31 Å². The van der Waals surface area contributed by atoms with E-state index in [2.05, 4.69) is 0 Å². The molecule has 114 valence electrons. The van der Waals surface area contributed by atoms with E-state index in [4.69, 9.17) is 5.11 Å². The van der Waals surface area contributed by atoms with Crippen LogP contribution in [0.1, 0.15) is 27.2 Å². The average Bonchev–Trinajstić information content (AvgIpc) is 2.11. The van der Waals surface area contributed by atoms with Gasteiger partial charge in [0.05, 0.1) is 17.9 Å². The van der Waals surface area contributed by atoms with Crippen LogP contribution in [-0.2, 0) is 24.7 Å². The van der Waals surface area contributed by atoms with Gasteiger partial charge in [0.1, 0.15) is 9.84 Å². The van der Waals surface area contributed by atoms with Crippen LogP contribution in [0.5, 0.6) is 0 Å². The number of hydrogen-bond donors (Lipinski definition) is 1. The molecule has 19 heavy (non-hydrogen) atoms. The van der Waals surface area contributed by atoms with Crippen LogP contribution < -0.4 is 0 Å². The standard InChI is InChI=1S/C10H21NO6S2/c1-10(2,3)11(6-5-9(12)13)19(16,17)8-7-18(4,14)15/h5-8H2,1-4H3,(H,12,13). The highest BCUT2D eigenvalue weighted by atomic mass is 32.2. The van der Waals surface area contributed by atoms with Gasteiger partial charge in [-0.05, 0) is 20.8 Å². The van der Waals surface area contributed by atoms with Crippen molar-refractivity contribution in [3.05, 3.63) is 0 Å². The van der Waals surface area contributed by atoms with E-state index in [1.54, 1.807) is 20.8 Å². The maximum Gasteiger partial charge on any atom is 0.304 e. The van der Waals surface area contributed by atoms with Gasteiger partial charge in [-0.2, -0.15) is 4.31 Å². The molecule has 0 amide bonds. The number of carboxylic acids is 1. The lowest BCUT2D eigenvalue weighted by molar-refractivity contribution is -0.137. The minimum Gasteiger partial charge on any atom is -0.481 e. The predicted molar refractivity (Wildman–Crippen MR) is 72.2 cm³/mol. The molecule has 0 spiro atoms. The van der Waals surface area contributed by atoms with Gasteiger partial charge in [-0.1, -0.05) is 0 Å². The van der Waals surface area contributed by atoms with Crippen LogP contribution >= 0.6 is 0 Å². The van der Waals surface area contributed by atoms with E-state index < -0.39 is 42.9 Å². The van der Waals surface area contributed by atoms with Gasteiger partial charge in [0.2, 0.25) is 10.0 Å². The van der Waals surface area contributed by atoms with Gasteiger partial charge in [-0.15, -0.1) is 0 Å². The normalized spacial score (nSPS) is 13.7. The third-order valence-electron chi connectivity index (χ3n) is 2.32. The lowest BCUT2D eigenvalue weighted by atomic mass is 10.1.